The maximum absolute atomic E-state index is 3.32. The first-order chi connectivity index (χ1) is 7.56. The van der Waals surface area contributed by atoms with Crippen LogP contribution in [0.3, 0.4) is 0 Å². The van der Waals surface area contributed by atoms with Crippen LogP contribution in [0.4, 0.5) is 0 Å². The zero-order valence-electron chi connectivity index (χ0n) is 10.3. The van der Waals surface area contributed by atoms with Crippen LogP contribution in [0.2, 0.25) is 0 Å². The van der Waals surface area contributed by atoms with E-state index in [4.69, 9.17) is 0 Å². The molecule has 2 aliphatic rings. The van der Waals surface area contributed by atoms with E-state index in [-0.39, 0.29) is 5.41 Å². The van der Waals surface area contributed by atoms with E-state index in [1.54, 1.807) is 0 Å². The molecule has 2 rings (SSSR count). The van der Waals surface area contributed by atoms with Crippen LogP contribution in [0.5, 0.6) is 0 Å². The number of hydrogen-bond acceptors (Lipinski definition) is 0. The van der Waals surface area contributed by atoms with Crippen molar-refractivity contribution in [2.75, 3.05) is 0 Å². The van der Waals surface area contributed by atoms with E-state index < -0.39 is 0 Å². The maximum atomic E-state index is 3.32. The smallest absolute Gasteiger partial charge is 0.0283 e. The fourth-order valence-corrected chi connectivity index (χ4v) is 1.83. The lowest BCUT2D eigenvalue weighted by Crippen LogP contribution is -1.99. The molecule has 0 spiro atoms. The number of hydrogen-bond donors (Lipinski definition) is 0. The first-order valence-electron chi connectivity index (χ1n) is 5.86. The molecule has 0 amide bonds. The van der Waals surface area contributed by atoms with Gasteiger partial charge in [-0.3, -0.25) is 0 Å². The molecule has 0 unspecified atom stereocenters. The van der Waals surface area contributed by atoms with Crippen molar-refractivity contribution >= 4 is 0 Å². The molecule has 0 atom stereocenters. The predicted octanol–water partition coefficient (Wildman–Crippen LogP) is 4.18. The minimum Gasteiger partial charge on any atom is -0.0919 e. The van der Waals surface area contributed by atoms with Gasteiger partial charge in [-0.05, 0) is 50.8 Å². The zero-order chi connectivity index (χ0) is 11.6. The second-order valence-electron chi connectivity index (χ2n) is 5.30. The Morgan fingerprint density at radius 3 is 2.56 bits per heavy atom. The highest BCUT2D eigenvalue weighted by molar-refractivity contribution is 5.58. The molecule has 0 saturated heterocycles. The van der Waals surface area contributed by atoms with Crippen molar-refractivity contribution in [3.8, 4) is 11.8 Å². The molecule has 0 radical (unpaired) electrons. The highest BCUT2D eigenvalue weighted by Gasteiger charge is 2.12. The van der Waals surface area contributed by atoms with Crippen molar-refractivity contribution in [3.05, 3.63) is 47.1 Å². The van der Waals surface area contributed by atoms with Crippen molar-refractivity contribution in [1.82, 2.24) is 0 Å². The van der Waals surface area contributed by atoms with Crippen LogP contribution in [0.1, 0.15) is 33.6 Å². The summed E-state index contributed by atoms with van der Waals surface area (Å²) in [5, 5.41) is 0. The van der Waals surface area contributed by atoms with Crippen molar-refractivity contribution in [1.29, 1.82) is 0 Å². The Morgan fingerprint density at radius 2 is 1.94 bits per heavy atom. The maximum Gasteiger partial charge on any atom is 0.0283 e. The van der Waals surface area contributed by atoms with Gasteiger partial charge in [-0.25, -0.2) is 0 Å². The van der Waals surface area contributed by atoms with E-state index in [0.717, 1.165) is 12.8 Å². The van der Waals surface area contributed by atoms with Crippen molar-refractivity contribution < 1.29 is 0 Å². The summed E-state index contributed by atoms with van der Waals surface area (Å²) in [5.74, 6) is 6.62. The summed E-state index contributed by atoms with van der Waals surface area (Å²) in [7, 11) is 0. The van der Waals surface area contributed by atoms with Gasteiger partial charge in [0, 0.05) is 11.0 Å². The fraction of sp³-hybridized carbons (Fsp3) is 0.375. The van der Waals surface area contributed by atoms with E-state index in [0.29, 0.717) is 0 Å². The molecule has 0 aromatic rings. The summed E-state index contributed by atoms with van der Waals surface area (Å²) in [6.07, 6.45) is 13.1. The molecule has 0 nitrogen and oxygen atoms in total. The quantitative estimate of drug-likeness (QED) is 0.570. The molecule has 0 bridgehead atoms. The lowest BCUT2D eigenvalue weighted by Gasteiger charge is -2.07. The van der Waals surface area contributed by atoms with Gasteiger partial charge in [-0.1, -0.05) is 36.1 Å². The molecule has 0 heterocycles. The molecule has 0 aromatic carbocycles. The molecule has 16 heavy (non-hydrogen) atoms. The van der Waals surface area contributed by atoms with Crippen molar-refractivity contribution in [2.45, 2.75) is 33.6 Å². The van der Waals surface area contributed by atoms with Crippen molar-refractivity contribution in [3.63, 3.8) is 0 Å². The third-order valence-corrected chi connectivity index (χ3v) is 2.62. The van der Waals surface area contributed by atoms with Crippen LogP contribution in [-0.4, -0.2) is 0 Å². The van der Waals surface area contributed by atoms with Gasteiger partial charge in [0.15, 0.2) is 0 Å². The number of rotatable bonds is 1. The summed E-state index contributed by atoms with van der Waals surface area (Å²) in [6, 6.07) is 0. The van der Waals surface area contributed by atoms with Gasteiger partial charge in [0.25, 0.3) is 0 Å². The average Bonchev–Trinajstić information content (AvgIpc) is 2.84. The summed E-state index contributed by atoms with van der Waals surface area (Å²) in [6.45, 7) is 6.44. The van der Waals surface area contributed by atoms with E-state index in [9.17, 15) is 0 Å². The SMILES string of the molecule is CC(C)(C)C#CC1=C(C2=CCC=C2)CC=C1. The first-order valence-corrected chi connectivity index (χ1v) is 5.86. The molecule has 2 aliphatic carbocycles. The molecular weight excluding hydrogens is 192 g/mol. The topological polar surface area (TPSA) is 0 Å². The van der Waals surface area contributed by atoms with Gasteiger partial charge in [-0.2, -0.15) is 0 Å². The van der Waals surface area contributed by atoms with Gasteiger partial charge < -0.3 is 0 Å². The van der Waals surface area contributed by atoms with Gasteiger partial charge in [0.05, 0.1) is 0 Å². The van der Waals surface area contributed by atoms with Crippen LogP contribution in [0.15, 0.2) is 47.1 Å². The molecule has 0 N–H and O–H groups in total. The minimum absolute atomic E-state index is 0.0778. The highest BCUT2D eigenvalue weighted by atomic mass is 14.2. The minimum atomic E-state index is 0.0778. The van der Waals surface area contributed by atoms with E-state index in [1.807, 2.05) is 0 Å². The molecule has 0 heteroatoms. The first kappa shape index (κ1) is 11.0. The second-order valence-corrected chi connectivity index (χ2v) is 5.30. The van der Waals surface area contributed by atoms with Crippen LogP contribution >= 0.6 is 0 Å². The molecule has 0 saturated carbocycles. The van der Waals surface area contributed by atoms with Gasteiger partial charge in [-0.15, -0.1) is 0 Å². The molecular formula is C16H18. The fourth-order valence-electron chi connectivity index (χ4n) is 1.83. The van der Waals surface area contributed by atoms with Crippen LogP contribution in [-0.2, 0) is 0 Å². The second kappa shape index (κ2) is 4.18. The normalized spacial score (nSPS) is 18.8. The third-order valence-electron chi connectivity index (χ3n) is 2.62. The summed E-state index contributed by atoms with van der Waals surface area (Å²) < 4.78 is 0. The van der Waals surface area contributed by atoms with Gasteiger partial charge in [0.1, 0.15) is 0 Å². The van der Waals surface area contributed by atoms with Gasteiger partial charge in [0.2, 0.25) is 0 Å². The Labute approximate surface area is 98.4 Å². The lowest BCUT2D eigenvalue weighted by molar-refractivity contribution is 0.571. The summed E-state index contributed by atoms with van der Waals surface area (Å²) in [5.41, 5.74) is 4.04. The molecule has 0 fully saturated rings. The van der Waals surface area contributed by atoms with Crippen molar-refractivity contribution in [2.24, 2.45) is 5.41 Å². The van der Waals surface area contributed by atoms with E-state index in [2.05, 4.69) is 63.0 Å². The largest absolute Gasteiger partial charge is 0.0919 e. The summed E-state index contributed by atoms with van der Waals surface area (Å²) in [4.78, 5) is 0. The van der Waals surface area contributed by atoms with E-state index in [1.165, 1.54) is 16.7 Å². The molecule has 0 aromatic heterocycles. The predicted molar refractivity (Wildman–Crippen MR) is 69.9 cm³/mol. The average molecular weight is 210 g/mol. The van der Waals surface area contributed by atoms with Crippen LogP contribution in [0.25, 0.3) is 0 Å². The monoisotopic (exact) mass is 210 g/mol. The highest BCUT2D eigenvalue weighted by Crippen LogP contribution is 2.29. The Morgan fingerprint density at radius 1 is 1.12 bits per heavy atom. The zero-order valence-corrected chi connectivity index (χ0v) is 10.3. The van der Waals surface area contributed by atoms with Gasteiger partial charge >= 0.3 is 0 Å². The Balaban J connectivity index is 2.29. The Bertz CT molecular complexity index is 462. The number of allylic oxidation sites excluding steroid dienone is 8. The molecule has 82 valence electrons. The summed E-state index contributed by atoms with van der Waals surface area (Å²) >= 11 is 0. The lowest BCUT2D eigenvalue weighted by atomic mass is 9.96. The molecule has 0 aliphatic heterocycles. The Hall–Kier alpha value is -1.48. The van der Waals surface area contributed by atoms with Crippen LogP contribution in [0, 0.1) is 17.3 Å². The third kappa shape index (κ3) is 2.55. The standard InChI is InChI=1S/C16H18/c1-16(2,3)12-11-14-9-6-10-15(14)13-7-4-5-8-13/h4,6-9H,5,10H2,1-3H3. The van der Waals surface area contributed by atoms with E-state index >= 15 is 0 Å². The van der Waals surface area contributed by atoms with Crippen LogP contribution < -0.4 is 0 Å². The Kier molecular flexibility index (Phi) is 2.88.